The van der Waals surface area contributed by atoms with Crippen molar-refractivity contribution in [3.63, 3.8) is 0 Å². The summed E-state index contributed by atoms with van der Waals surface area (Å²) in [6.45, 7) is 8.37. The molecule has 0 atom stereocenters. The minimum Gasteiger partial charge on any atom is -0.336 e. The molecular formula is C26H29N5O2. The van der Waals surface area contributed by atoms with Gasteiger partial charge in [-0.05, 0) is 44.2 Å². The first kappa shape index (κ1) is 22.6. The van der Waals surface area contributed by atoms with E-state index in [0.29, 0.717) is 22.6 Å². The number of benzene rings is 2. The number of para-hydroxylation sites is 1. The van der Waals surface area contributed by atoms with Crippen LogP contribution >= 0.6 is 0 Å². The molecule has 0 bridgehead atoms. The number of aryl methyl sites for hydroxylation is 1. The fraction of sp³-hybridized carbons (Fsp3) is 0.308. The van der Waals surface area contributed by atoms with Gasteiger partial charge < -0.3 is 10.2 Å². The number of carbonyl (C=O) groups is 2. The van der Waals surface area contributed by atoms with Gasteiger partial charge in [0.05, 0.1) is 17.6 Å². The van der Waals surface area contributed by atoms with Crippen LogP contribution < -0.4 is 5.32 Å². The second-order valence-corrected chi connectivity index (χ2v) is 8.22. The van der Waals surface area contributed by atoms with E-state index < -0.39 is 0 Å². The Hall–Kier alpha value is -3.58. The number of hydrogen-bond acceptors (Lipinski definition) is 5. The molecule has 7 nitrogen and oxygen atoms in total. The average Bonchev–Trinajstić information content (AvgIpc) is 2.85. The molecule has 1 fully saturated rings. The number of piperazine rings is 1. The predicted molar refractivity (Wildman–Crippen MR) is 129 cm³/mol. The third-order valence-corrected chi connectivity index (χ3v) is 5.83. The Morgan fingerprint density at radius 3 is 2.33 bits per heavy atom. The zero-order valence-electron chi connectivity index (χ0n) is 19.1. The molecule has 2 heterocycles. The number of hydrogen-bond donors (Lipinski definition) is 1. The van der Waals surface area contributed by atoms with Crippen LogP contribution in [0.5, 0.6) is 0 Å². The summed E-state index contributed by atoms with van der Waals surface area (Å²) in [6, 6.07) is 16.6. The number of amides is 2. The van der Waals surface area contributed by atoms with Crippen LogP contribution in [0.1, 0.15) is 39.9 Å². The van der Waals surface area contributed by atoms with Gasteiger partial charge >= 0.3 is 0 Å². The molecule has 170 valence electrons. The Bertz CT molecular complexity index is 1110. The van der Waals surface area contributed by atoms with Crippen molar-refractivity contribution in [2.45, 2.75) is 20.3 Å². The molecule has 33 heavy (non-hydrogen) atoms. The van der Waals surface area contributed by atoms with Gasteiger partial charge in [0, 0.05) is 43.0 Å². The molecule has 1 aliphatic heterocycles. The van der Waals surface area contributed by atoms with Crippen molar-refractivity contribution in [3.05, 3.63) is 77.7 Å². The van der Waals surface area contributed by atoms with Crippen molar-refractivity contribution < 1.29 is 9.59 Å². The predicted octanol–water partition coefficient (Wildman–Crippen LogP) is 3.87. The average molecular weight is 444 g/mol. The summed E-state index contributed by atoms with van der Waals surface area (Å²) in [6.07, 6.45) is 2.78. The van der Waals surface area contributed by atoms with Crippen LogP contribution in [0.15, 0.2) is 60.8 Å². The first-order valence-electron chi connectivity index (χ1n) is 11.4. The lowest BCUT2D eigenvalue weighted by molar-refractivity contribution is 0.0637. The highest BCUT2D eigenvalue weighted by molar-refractivity contribution is 6.03. The Kier molecular flexibility index (Phi) is 7.10. The lowest BCUT2D eigenvalue weighted by Gasteiger charge is -2.34. The Balaban J connectivity index is 1.46. The van der Waals surface area contributed by atoms with Crippen molar-refractivity contribution >= 4 is 17.5 Å². The molecule has 2 amide bonds. The molecule has 0 spiro atoms. The molecule has 1 saturated heterocycles. The van der Waals surface area contributed by atoms with Gasteiger partial charge in [-0.15, -0.1) is 0 Å². The lowest BCUT2D eigenvalue weighted by Crippen LogP contribution is -2.48. The quantitative estimate of drug-likeness (QED) is 0.626. The molecule has 4 rings (SSSR count). The number of carbonyl (C=O) groups excluding carboxylic acids is 2. The van der Waals surface area contributed by atoms with E-state index in [2.05, 4.69) is 27.1 Å². The zero-order chi connectivity index (χ0) is 23.2. The zero-order valence-corrected chi connectivity index (χ0v) is 19.1. The van der Waals surface area contributed by atoms with Gasteiger partial charge in [0.25, 0.3) is 11.8 Å². The summed E-state index contributed by atoms with van der Waals surface area (Å²) in [5.74, 6) is -0.252. The highest BCUT2D eigenvalue weighted by Crippen LogP contribution is 2.20. The summed E-state index contributed by atoms with van der Waals surface area (Å²) in [5.41, 5.74) is 3.59. The van der Waals surface area contributed by atoms with Crippen LogP contribution in [0.25, 0.3) is 11.3 Å². The molecule has 7 heteroatoms. The summed E-state index contributed by atoms with van der Waals surface area (Å²) in [5, 5.41) is 2.85. The van der Waals surface area contributed by atoms with Crippen molar-refractivity contribution in [1.82, 2.24) is 19.8 Å². The van der Waals surface area contributed by atoms with Crippen LogP contribution in [0.2, 0.25) is 0 Å². The van der Waals surface area contributed by atoms with Gasteiger partial charge in [0.1, 0.15) is 5.69 Å². The van der Waals surface area contributed by atoms with Crippen molar-refractivity contribution in [1.29, 1.82) is 0 Å². The highest BCUT2D eigenvalue weighted by atomic mass is 16.2. The second-order valence-electron chi connectivity index (χ2n) is 8.22. The lowest BCUT2D eigenvalue weighted by atomic mass is 10.1. The number of anilines is 1. The maximum absolute atomic E-state index is 12.9. The van der Waals surface area contributed by atoms with Gasteiger partial charge in [-0.1, -0.05) is 37.3 Å². The van der Waals surface area contributed by atoms with E-state index in [1.165, 1.54) is 0 Å². The highest BCUT2D eigenvalue weighted by Gasteiger charge is 2.22. The smallest absolute Gasteiger partial charge is 0.276 e. The summed E-state index contributed by atoms with van der Waals surface area (Å²) in [7, 11) is 0. The van der Waals surface area contributed by atoms with E-state index in [1.54, 1.807) is 13.1 Å². The fourth-order valence-electron chi connectivity index (χ4n) is 3.97. The monoisotopic (exact) mass is 443 g/mol. The van der Waals surface area contributed by atoms with Crippen molar-refractivity contribution in [3.8, 4) is 11.3 Å². The van der Waals surface area contributed by atoms with Crippen LogP contribution in [-0.4, -0.2) is 64.3 Å². The van der Waals surface area contributed by atoms with E-state index in [0.717, 1.165) is 44.7 Å². The molecule has 1 N–H and O–H groups in total. The third kappa shape index (κ3) is 5.43. The minimum atomic E-state index is -0.304. The Labute approximate surface area is 194 Å². The fourth-order valence-corrected chi connectivity index (χ4v) is 3.97. The summed E-state index contributed by atoms with van der Waals surface area (Å²) < 4.78 is 0. The van der Waals surface area contributed by atoms with E-state index in [1.807, 2.05) is 59.5 Å². The second kappa shape index (κ2) is 10.4. The van der Waals surface area contributed by atoms with E-state index >= 15 is 0 Å². The molecule has 2 aromatic carbocycles. The van der Waals surface area contributed by atoms with Crippen LogP contribution in [0.4, 0.5) is 5.69 Å². The standard InChI is InChI=1S/C26H29N5O2/c1-3-13-30-14-16-31(17-15-30)26(33)21-11-9-20(10-12-21)23-18-27-19(2)24(29-23)25(32)28-22-7-5-4-6-8-22/h4-12,18H,3,13-17H2,1-2H3,(H,28,32). The van der Waals surface area contributed by atoms with Crippen LogP contribution in [0, 0.1) is 6.92 Å². The van der Waals surface area contributed by atoms with Gasteiger partial charge in [-0.25, -0.2) is 4.98 Å². The van der Waals surface area contributed by atoms with E-state index in [4.69, 9.17) is 0 Å². The van der Waals surface area contributed by atoms with Crippen LogP contribution in [-0.2, 0) is 0 Å². The molecular weight excluding hydrogens is 414 g/mol. The first-order chi connectivity index (χ1) is 16.0. The molecule has 0 saturated carbocycles. The topological polar surface area (TPSA) is 78.4 Å². The SMILES string of the molecule is CCCN1CCN(C(=O)c2ccc(-c3cnc(C)c(C(=O)Nc4ccccc4)n3)cc2)CC1. The van der Waals surface area contributed by atoms with Crippen LogP contribution in [0.3, 0.4) is 0 Å². The molecule has 0 radical (unpaired) electrons. The summed E-state index contributed by atoms with van der Waals surface area (Å²) in [4.78, 5) is 38.9. The molecule has 0 aliphatic carbocycles. The maximum atomic E-state index is 12.9. The summed E-state index contributed by atoms with van der Waals surface area (Å²) >= 11 is 0. The largest absolute Gasteiger partial charge is 0.336 e. The molecule has 0 unspecified atom stereocenters. The van der Waals surface area contributed by atoms with Gasteiger partial charge in [-0.2, -0.15) is 0 Å². The van der Waals surface area contributed by atoms with Gasteiger partial charge in [-0.3, -0.25) is 19.5 Å². The number of nitrogens with one attached hydrogen (secondary N) is 1. The first-order valence-corrected chi connectivity index (χ1v) is 11.4. The molecule has 3 aromatic rings. The third-order valence-electron chi connectivity index (χ3n) is 5.83. The maximum Gasteiger partial charge on any atom is 0.276 e. The van der Waals surface area contributed by atoms with E-state index in [-0.39, 0.29) is 17.5 Å². The Morgan fingerprint density at radius 1 is 0.970 bits per heavy atom. The van der Waals surface area contributed by atoms with Gasteiger partial charge in [0.15, 0.2) is 0 Å². The van der Waals surface area contributed by atoms with E-state index in [9.17, 15) is 9.59 Å². The van der Waals surface area contributed by atoms with Crippen molar-refractivity contribution in [2.75, 3.05) is 38.0 Å². The number of nitrogens with zero attached hydrogens (tertiary/aromatic N) is 4. The number of rotatable bonds is 6. The normalized spacial score (nSPS) is 14.2. The van der Waals surface area contributed by atoms with Crippen molar-refractivity contribution in [2.24, 2.45) is 0 Å². The minimum absolute atomic E-state index is 0.0515. The number of aromatic nitrogens is 2. The molecule has 1 aromatic heterocycles. The molecule has 1 aliphatic rings. The Morgan fingerprint density at radius 2 is 1.67 bits per heavy atom. The van der Waals surface area contributed by atoms with Gasteiger partial charge in [0.2, 0.25) is 0 Å².